The zero-order valence-corrected chi connectivity index (χ0v) is 10.9. The molecule has 0 radical (unpaired) electrons. The van der Waals surface area contributed by atoms with Gasteiger partial charge in [0, 0.05) is 25.2 Å². The first kappa shape index (κ1) is 11.9. The van der Waals surface area contributed by atoms with E-state index in [1.807, 2.05) is 0 Å². The third-order valence-corrected chi connectivity index (χ3v) is 4.37. The number of benzene rings is 1. The summed E-state index contributed by atoms with van der Waals surface area (Å²) >= 11 is 0. The summed E-state index contributed by atoms with van der Waals surface area (Å²) < 4.78 is 0. The van der Waals surface area contributed by atoms with E-state index in [1.54, 1.807) is 0 Å². The van der Waals surface area contributed by atoms with E-state index in [1.165, 1.54) is 43.5 Å². The fraction of sp³-hybridized carbons (Fsp3) is 0.500. The first-order chi connectivity index (χ1) is 8.84. The molecular weight excluding hydrogens is 220 g/mol. The van der Waals surface area contributed by atoms with E-state index in [-0.39, 0.29) is 0 Å². The van der Waals surface area contributed by atoms with E-state index < -0.39 is 0 Å². The first-order valence-corrected chi connectivity index (χ1v) is 7.05. The molecule has 2 heterocycles. The van der Waals surface area contributed by atoms with Crippen LogP contribution in [0.15, 0.2) is 36.9 Å². The number of fused-ring (bicyclic) bond motifs is 1. The third kappa shape index (κ3) is 2.36. The molecule has 0 aliphatic carbocycles. The summed E-state index contributed by atoms with van der Waals surface area (Å²) in [6.07, 6.45) is 4.05. The Kier molecular flexibility index (Phi) is 3.48. The van der Waals surface area contributed by atoms with Gasteiger partial charge in [0.25, 0.3) is 0 Å². The molecule has 2 fully saturated rings. The van der Waals surface area contributed by atoms with Crippen molar-refractivity contribution in [1.29, 1.82) is 0 Å². The molecule has 2 heteroatoms. The minimum atomic E-state index is 0.674. The molecule has 18 heavy (non-hydrogen) atoms. The molecule has 1 N–H and O–H groups in total. The van der Waals surface area contributed by atoms with Crippen molar-refractivity contribution in [1.82, 2.24) is 10.2 Å². The normalized spacial score (nSPS) is 27.3. The van der Waals surface area contributed by atoms with Crippen molar-refractivity contribution >= 4 is 5.57 Å². The molecule has 2 unspecified atom stereocenters. The zero-order chi connectivity index (χ0) is 12.4. The van der Waals surface area contributed by atoms with Crippen molar-refractivity contribution in [2.24, 2.45) is 0 Å². The summed E-state index contributed by atoms with van der Waals surface area (Å²) in [4.78, 5) is 2.64. The Balaban J connectivity index is 1.54. The fourth-order valence-corrected chi connectivity index (χ4v) is 3.35. The lowest BCUT2D eigenvalue weighted by atomic mass is 10.0. The molecule has 0 aromatic heterocycles. The van der Waals surface area contributed by atoms with Crippen LogP contribution in [0.5, 0.6) is 0 Å². The molecular formula is C16H22N2. The first-order valence-electron chi connectivity index (χ1n) is 7.05. The zero-order valence-electron chi connectivity index (χ0n) is 10.9. The Morgan fingerprint density at radius 3 is 2.89 bits per heavy atom. The third-order valence-electron chi connectivity index (χ3n) is 4.37. The molecule has 2 nitrogen and oxygen atoms in total. The lowest BCUT2D eigenvalue weighted by molar-refractivity contribution is 0.302. The van der Waals surface area contributed by atoms with Crippen LogP contribution < -0.4 is 5.32 Å². The van der Waals surface area contributed by atoms with Gasteiger partial charge in [-0.15, -0.1) is 0 Å². The van der Waals surface area contributed by atoms with E-state index >= 15 is 0 Å². The molecule has 2 aliphatic heterocycles. The number of hydrogen-bond acceptors (Lipinski definition) is 2. The van der Waals surface area contributed by atoms with Crippen molar-refractivity contribution in [3.05, 3.63) is 42.5 Å². The maximum Gasteiger partial charge on any atom is 0.0250 e. The molecule has 0 amide bonds. The molecule has 2 atom stereocenters. The fourth-order valence-electron chi connectivity index (χ4n) is 3.35. The van der Waals surface area contributed by atoms with E-state index in [4.69, 9.17) is 0 Å². The van der Waals surface area contributed by atoms with Crippen molar-refractivity contribution in [3.63, 3.8) is 0 Å². The molecule has 0 saturated carbocycles. The van der Waals surface area contributed by atoms with Crippen molar-refractivity contribution in [2.75, 3.05) is 19.6 Å². The van der Waals surface area contributed by atoms with Gasteiger partial charge in [-0.25, -0.2) is 0 Å². The number of nitrogens with one attached hydrogen (secondary N) is 1. The topological polar surface area (TPSA) is 15.3 Å². The molecule has 0 bridgehead atoms. The summed E-state index contributed by atoms with van der Waals surface area (Å²) in [5, 5.41) is 3.71. The SMILES string of the molecule is C=C(CNC1CCN2CCCC12)c1ccccc1. The Morgan fingerprint density at radius 2 is 2.06 bits per heavy atom. The highest BCUT2D eigenvalue weighted by atomic mass is 15.2. The van der Waals surface area contributed by atoms with Crippen LogP contribution in [0.2, 0.25) is 0 Å². The lowest BCUT2D eigenvalue weighted by Gasteiger charge is -2.21. The van der Waals surface area contributed by atoms with E-state index in [0.29, 0.717) is 6.04 Å². The highest BCUT2D eigenvalue weighted by Gasteiger charge is 2.36. The van der Waals surface area contributed by atoms with E-state index in [9.17, 15) is 0 Å². The van der Waals surface area contributed by atoms with Gasteiger partial charge in [-0.3, -0.25) is 4.90 Å². The lowest BCUT2D eigenvalue weighted by Crippen LogP contribution is -2.39. The molecule has 3 rings (SSSR count). The van der Waals surface area contributed by atoms with Crippen molar-refractivity contribution in [2.45, 2.75) is 31.3 Å². The average molecular weight is 242 g/mol. The Morgan fingerprint density at radius 1 is 1.22 bits per heavy atom. The summed E-state index contributed by atoms with van der Waals surface area (Å²) in [7, 11) is 0. The van der Waals surface area contributed by atoms with Crippen LogP contribution >= 0.6 is 0 Å². The Bertz CT molecular complexity index is 412. The Labute approximate surface area is 110 Å². The minimum Gasteiger partial charge on any atom is -0.308 e. The molecule has 1 aromatic carbocycles. The van der Waals surface area contributed by atoms with Gasteiger partial charge in [0.2, 0.25) is 0 Å². The summed E-state index contributed by atoms with van der Waals surface area (Å²) in [6, 6.07) is 11.9. The smallest absolute Gasteiger partial charge is 0.0250 e. The number of nitrogens with zero attached hydrogens (tertiary/aromatic N) is 1. The molecule has 0 spiro atoms. The van der Waals surface area contributed by atoms with Crippen LogP contribution in [-0.2, 0) is 0 Å². The number of hydrogen-bond donors (Lipinski definition) is 1. The maximum atomic E-state index is 4.20. The molecule has 96 valence electrons. The molecule has 2 saturated heterocycles. The van der Waals surface area contributed by atoms with Gasteiger partial charge in [-0.1, -0.05) is 36.9 Å². The number of rotatable bonds is 4. The van der Waals surface area contributed by atoms with Crippen LogP contribution in [0, 0.1) is 0 Å². The maximum absolute atomic E-state index is 4.20. The van der Waals surface area contributed by atoms with Crippen molar-refractivity contribution < 1.29 is 0 Å². The summed E-state index contributed by atoms with van der Waals surface area (Å²) in [5.74, 6) is 0. The van der Waals surface area contributed by atoms with Gasteiger partial charge in [0.15, 0.2) is 0 Å². The van der Waals surface area contributed by atoms with E-state index in [2.05, 4.69) is 47.1 Å². The van der Waals surface area contributed by atoms with Crippen molar-refractivity contribution in [3.8, 4) is 0 Å². The second-order valence-corrected chi connectivity index (χ2v) is 5.49. The van der Waals surface area contributed by atoms with Crippen LogP contribution in [-0.4, -0.2) is 36.6 Å². The largest absolute Gasteiger partial charge is 0.308 e. The Hall–Kier alpha value is -1.12. The van der Waals surface area contributed by atoms with Crippen LogP contribution in [0.3, 0.4) is 0 Å². The quantitative estimate of drug-likeness (QED) is 0.873. The minimum absolute atomic E-state index is 0.674. The van der Waals surface area contributed by atoms with E-state index in [0.717, 1.165) is 12.6 Å². The second-order valence-electron chi connectivity index (χ2n) is 5.49. The predicted molar refractivity (Wildman–Crippen MR) is 76.5 cm³/mol. The standard InChI is InChI=1S/C16H22N2/c1-13(14-6-3-2-4-7-14)12-17-15-9-11-18-10-5-8-16(15)18/h2-4,6-7,15-17H,1,5,8-12H2. The molecule has 2 aliphatic rings. The highest BCUT2D eigenvalue weighted by Crippen LogP contribution is 2.28. The van der Waals surface area contributed by atoms with Gasteiger partial charge >= 0.3 is 0 Å². The second kappa shape index (κ2) is 5.25. The van der Waals surface area contributed by atoms with Gasteiger partial charge in [0.1, 0.15) is 0 Å². The van der Waals surface area contributed by atoms with Gasteiger partial charge < -0.3 is 5.32 Å². The summed E-state index contributed by atoms with van der Waals surface area (Å²) in [6.45, 7) is 7.70. The monoisotopic (exact) mass is 242 g/mol. The van der Waals surface area contributed by atoms with Crippen LogP contribution in [0.1, 0.15) is 24.8 Å². The van der Waals surface area contributed by atoms with Crippen LogP contribution in [0.4, 0.5) is 0 Å². The van der Waals surface area contributed by atoms with Crippen LogP contribution in [0.25, 0.3) is 5.57 Å². The van der Waals surface area contributed by atoms with Gasteiger partial charge in [-0.2, -0.15) is 0 Å². The summed E-state index contributed by atoms with van der Waals surface area (Å²) in [5.41, 5.74) is 2.46. The predicted octanol–water partition coefficient (Wildman–Crippen LogP) is 2.53. The van der Waals surface area contributed by atoms with Gasteiger partial charge in [-0.05, 0) is 36.9 Å². The van der Waals surface area contributed by atoms with Gasteiger partial charge in [0.05, 0.1) is 0 Å². The molecule has 1 aromatic rings. The highest BCUT2D eigenvalue weighted by molar-refractivity contribution is 5.64. The average Bonchev–Trinajstić information content (AvgIpc) is 3.00.